The summed E-state index contributed by atoms with van der Waals surface area (Å²) < 4.78 is 0. The highest BCUT2D eigenvalue weighted by atomic mass is 16.2. The molecule has 0 radical (unpaired) electrons. The Hall–Kier alpha value is -2.16. The molecule has 0 spiro atoms. The standard InChI is InChI=1S/C20H23NO2/c1-3-5-8-14(4-2)13-21-19(22)17-11-15-9-6-7-10-16(15)12-18(17)20(21)23/h6-7,9-12,14H,3-5,8,13H2,1-2H3. The summed E-state index contributed by atoms with van der Waals surface area (Å²) in [5.41, 5.74) is 1.11. The molecule has 1 unspecified atom stereocenters. The van der Waals surface area contributed by atoms with Gasteiger partial charge < -0.3 is 0 Å². The number of carbonyl (C=O) groups excluding carboxylic acids is 2. The van der Waals surface area contributed by atoms with Crippen LogP contribution in [0.4, 0.5) is 0 Å². The van der Waals surface area contributed by atoms with Gasteiger partial charge in [0.05, 0.1) is 11.1 Å². The summed E-state index contributed by atoms with van der Waals surface area (Å²) in [6, 6.07) is 11.6. The van der Waals surface area contributed by atoms with Crippen LogP contribution in [0.2, 0.25) is 0 Å². The van der Waals surface area contributed by atoms with Crippen molar-refractivity contribution in [3.05, 3.63) is 47.5 Å². The van der Waals surface area contributed by atoms with Crippen LogP contribution in [-0.2, 0) is 0 Å². The van der Waals surface area contributed by atoms with Gasteiger partial charge in [-0.25, -0.2) is 0 Å². The normalized spacial score (nSPS) is 15.3. The Labute approximate surface area is 137 Å². The van der Waals surface area contributed by atoms with Crippen LogP contribution in [-0.4, -0.2) is 23.3 Å². The molecule has 23 heavy (non-hydrogen) atoms. The molecule has 3 heteroatoms. The molecule has 0 fully saturated rings. The number of nitrogens with zero attached hydrogens (tertiary/aromatic N) is 1. The third-order valence-corrected chi connectivity index (χ3v) is 4.82. The first-order valence-corrected chi connectivity index (χ1v) is 8.54. The molecular weight excluding hydrogens is 286 g/mol. The van der Waals surface area contributed by atoms with E-state index < -0.39 is 0 Å². The Morgan fingerprint density at radius 3 is 2.00 bits per heavy atom. The number of unbranched alkanes of at least 4 members (excludes halogenated alkanes) is 1. The maximum atomic E-state index is 12.7. The minimum Gasteiger partial charge on any atom is -0.274 e. The summed E-state index contributed by atoms with van der Waals surface area (Å²) in [6.07, 6.45) is 4.35. The molecule has 0 aromatic heterocycles. The molecular formula is C20H23NO2. The maximum absolute atomic E-state index is 12.7. The lowest BCUT2D eigenvalue weighted by atomic mass is 9.99. The fraction of sp³-hybridized carbons (Fsp3) is 0.400. The predicted molar refractivity (Wildman–Crippen MR) is 92.6 cm³/mol. The molecule has 3 rings (SSSR count). The highest BCUT2D eigenvalue weighted by molar-refractivity contribution is 6.23. The number of amides is 2. The molecule has 0 saturated heterocycles. The number of carbonyl (C=O) groups is 2. The third-order valence-electron chi connectivity index (χ3n) is 4.82. The van der Waals surface area contributed by atoms with Gasteiger partial charge in [-0.1, -0.05) is 57.4 Å². The molecule has 1 aliphatic rings. The molecule has 0 N–H and O–H groups in total. The summed E-state index contributed by atoms with van der Waals surface area (Å²) in [7, 11) is 0. The van der Waals surface area contributed by atoms with E-state index in [0.29, 0.717) is 23.6 Å². The lowest BCUT2D eigenvalue weighted by Crippen LogP contribution is -2.34. The minimum absolute atomic E-state index is 0.134. The molecule has 120 valence electrons. The molecule has 3 nitrogen and oxygen atoms in total. The number of hydrogen-bond donors (Lipinski definition) is 0. The van der Waals surface area contributed by atoms with Gasteiger partial charge in [-0.2, -0.15) is 0 Å². The molecule has 2 amide bonds. The van der Waals surface area contributed by atoms with Crippen molar-refractivity contribution in [3.8, 4) is 0 Å². The van der Waals surface area contributed by atoms with Crippen LogP contribution in [0.1, 0.15) is 60.2 Å². The van der Waals surface area contributed by atoms with Crippen molar-refractivity contribution >= 4 is 22.6 Å². The zero-order chi connectivity index (χ0) is 16.4. The van der Waals surface area contributed by atoms with E-state index in [9.17, 15) is 9.59 Å². The molecule has 0 saturated carbocycles. The molecule has 1 atom stereocenters. The van der Waals surface area contributed by atoms with Crippen LogP contribution in [0.15, 0.2) is 36.4 Å². The highest BCUT2D eigenvalue weighted by Crippen LogP contribution is 2.29. The van der Waals surface area contributed by atoms with Gasteiger partial charge in [-0.3, -0.25) is 14.5 Å². The Balaban J connectivity index is 1.89. The zero-order valence-corrected chi connectivity index (χ0v) is 13.8. The monoisotopic (exact) mass is 309 g/mol. The van der Waals surface area contributed by atoms with Crippen LogP contribution in [0.5, 0.6) is 0 Å². The Morgan fingerprint density at radius 2 is 1.52 bits per heavy atom. The summed E-state index contributed by atoms with van der Waals surface area (Å²) >= 11 is 0. The second-order valence-electron chi connectivity index (χ2n) is 6.38. The Kier molecular flexibility index (Phi) is 4.46. The van der Waals surface area contributed by atoms with Crippen molar-refractivity contribution in [1.29, 1.82) is 0 Å². The first kappa shape index (κ1) is 15.7. The SMILES string of the molecule is CCCCC(CC)CN1C(=O)c2cc3ccccc3cc2C1=O. The fourth-order valence-electron chi connectivity index (χ4n) is 3.32. The van der Waals surface area contributed by atoms with Crippen LogP contribution < -0.4 is 0 Å². The molecule has 1 heterocycles. The van der Waals surface area contributed by atoms with E-state index in [1.54, 1.807) is 0 Å². The van der Waals surface area contributed by atoms with Gasteiger partial charge in [-0.15, -0.1) is 0 Å². The Morgan fingerprint density at radius 1 is 0.957 bits per heavy atom. The van der Waals surface area contributed by atoms with Crippen LogP contribution in [0, 0.1) is 5.92 Å². The van der Waals surface area contributed by atoms with E-state index in [-0.39, 0.29) is 11.8 Å². The van der Waals surface area contributed by atoms with E-state index in [1.165, 1.54) is 4.90 Å². The van der Waals surface area contributed by atoms with Crippen molar-refractivity contribution in [2.45, 2.75) is 39.5 Å². The van der Waals surface area contributed by atoms with E-state index in [1.807, 2.05) is 36.4 Å². The molecule has 0 bridgehead atoms. The van der Waals surface area contributed by atoms with E-state index >= 15 is 0 Å². The van der Waals surface area contributed by atoms with Crippen LogP contribution in [0.25, 0.3) is 10.8 Å². The summed E-state index contributed by atoms with van der Waals surface area (Å²) in [5.74, 6) is 0.128. The van der Waals surface area contributed by atoms with E-state index in [4.69, 9.17) is 0 Å². The average Bonchev–Trinajstić information content (AvgIpc) is 2.81. The van der Waals surface area contributed by atoms with Gasteiger partial charge in [0.25, 0.3) is 11.8 Å². The van der Waals surface area contributed by atoms with Gasteiger partial charge >= 0.3 is 0 Å². The quantitative estimate of drug-likeness (QED) is 0.728. The van der Waals surface area contributed by atoms with Gasteiger partial charge in [0.2, 0.25) is 0 Å². The highest BCUT2D eigenvalue weighted by Gasteiger charge is 2.36. The van der Waals surface area contributed by atoms with Gasteiger partial charge in [0.1, 0.15) is 0 Å². The summed E-state index contributed by atoms with van der Waals surface area (Å²) in [6.45, 7) is 4.84. The second-order valence-corrected chi connectivity index (χ2v) is 6.38. The average molecular weight is 309 g/mol. The van der Waals surface area contributed by atoms with Crippen LogP contribution >= 0.6 is 0 Å². The molecule has 2 aromatic rings. The van der Waals surface area contributed by atoms with E-state index in [2.05, 4.69) is 13.8 Å². The van der Waals surface area contributed by atoms with Crippen LogP contribution in [0.3, 0.4) is 0 Å². The predicted octanol–water partition coefficient (Wildman–Crippen LogP) is 4.65. The first-order valence-electron chi connectivity index (χ1n) is 8.54. The van der Waals surface area contributed by atoms with Crippen molar-refractivity contribution in [2.75, 3.05) is 6.54 Å². The molecule has 1 aliphatic heterocycles. The van der Waals surface area contributed by atoms with Crippen molar-refractivity contribution in [1.82, 2.24) is 4.90 Å². The minimum atomic E-state index is -0.134. The van der Waals surface area contributed by atoms with Crippen molar-refractivity contribution in [2.24, 2.45) is 5.92 Å². The first-order chi connectivity index (χ1) is 11.2. The van der Waals surface area contributed by atoms with Gasteiger partial charge in [0.15, 0.2) is 0 Å². The zero-order valence-electron chi connectivity index (χ0n) is 13.8. The maximum Gasteiger partial charge on any atom is 0.261 e. The smallest absolute Gasteiger partial charge is 0.261 e. The fourth-order valence-corrected chi connectivity index (χ4v) is 3.32. The van der Waals surface area contributed by atoms with Gasteiger partial charge in [0, 0.05) is 6.54 Å². The molecule has 2 aromatic carbocycles. The Bertz CT molecular complexity index is 696. The largest absolute Gasteiger partial charge is 0.274 e. The van der Waals surface area contributed by atoms with Crippen molar-refractivity contribution < 1.29 is 9.59 Å². The lowest BCUT2D eigenvalue weighted by molar-refractivity contribution is 0.0624. The van der Waals surface area contributed by atoms with Gasteiger partial charge in [-0.05, 0) is 35.2 Å². The number of fused-ring (bicyclic) bond motifs is 2. The third kappa shape index (κ3) is 2.88. The number of benzene rings is 2. The topological polar surface area (TPSA) is 37.4 Å². The molecule has 0 aliphatic carbocycles. The summed E-state index contributed by atoms with van der Waals surface area (Å²) in [4.78, 5) is 26.8. The number of imide groups is 1. The summed E-state index contributed by atoms with van der Waals surface area (Å²) in [5, 5.41) is 2.01. The lowest BCUT2D eigenvalue weighted by Gasteiger charge is -2.21. The number of hydrogen-bond acceptors (Lipinski definition) is 2. The second kappa shape index (κ2) is 6.53. The number of rotatable bonds is 6. The van der Waals surface area contributed by atoms with Crippen molar-refractivity contribution in [3.63, 3.8) is 0 Å². The van der Waals surface area contributed by atoms with E-state index in [0.717, 1.165) is 36.5 Å².